The minimum atomic E-state index is -0.589. The van der Waals surface area contributed by atoms with Crippen molar-refractivity contribution in [3.05, 3.63) is 35.6 Å². The van der Waals surface area contributed by atoms with Gasteiger partial charge in [0.2, 0.25) is 5.91 Å². The molecule has 1 unspecified atom stereocenters. The SMILES string of the molecule is C=CCC(N)C(=O)Nc1cnc(Cl)c(C)c1. The Morgan fingerprint density at radius 1 is 1.81 bits per heavy atom. The molecule has 3 N–H and O–H groups in total. The molecule has 1 aromatic heterocycles. The van der Waals surface area contributed by atoms with Crippen molar-refractivity contribution in [2.75, 3.05) is 5.32 Å². The summed E-state index contributed by atoms with van der Waals surface area (Å²) >= 11 is 5.77. The van der Waals surface area contributed by atoms with Crippen LogP contribution < -0.4 is 11.1 Å². The van der Waals surface area contributed by atoms with E-state index in [1.54, 1.807) is 12.1 Å². The van der Waals surface area contributed by atoms with Crippen LogP contribution in [0.4, 0.5) is 5.69 Å². The van der Waals surface area contributed by atoms with Crippen LogP contribution in [-0.2, 0) is 4.79 Å². The summed E-state index contributed by atoms with van der Waals surface area (Å²) in [5.41, 5.74) is 7.01. The Labute approximate surface area is 99.5 Å². The van der Waals surface area contributed by atoms with Crippen LogP contribution in [0.15, 0.2) is 24.9 Å². The van der Waals surface area contributed by atoms with Crippen LogP contribution in [0.5, 0.6) is 0 Å². The first-order chi connectivity index (χ1) is 7.54. The highest BCUT2D eigenvalue weighted by molar-refractivity contribution is 6.30. The van der Waals surface area contributed by atoms with Crippen LogP contribution in [0.2, 0.25) is 5.15 Å². The summed E-state index contributed by atoms with van der Waals surface area (Å²) in [6, 6.07) is 1.15. The Kier molecular flexibility index (Phi) is 4.46. The largest absolute Gasteiger partial charge is 0.323 e. The van der Waals surface area contributed by atoms with E-state index < -0.39 is 6.04 Å². The van der Waals surface area contributed by atoms with Gasteiger partial charge in [0.15, 0.2) is 0 Å². The van der Waals surface area contributed by atoms with Gasteiger partial charge in [-0.25, -0.2) is 4.98 Å². The van der Waals surface area contributed by atoms with Crippen molar-refractivity contribution in [2.24, 2.45) is 5.73 Å². The number of anilines is 1. The molecule has 1 amide bonds. The van der Waals surface area contributed by atoms with Gasteiger partial charge in [-0.3, -0.25) is 4.79 Å². The van der Waals surface area contributed by atoms with Crippen LogP contribution in [0.25, 0.3) is 0 Å². The normalized spacial score (nSPS) is 11.9. The molecule has 0 bridgehead atoms. The van der Waals surface area contributed by atoms with Crippen molar-refractivity contribution < 1.29 is 4.79 Å². The molecule has 4 nitrogen and oxygen atoms in total. The number of carbonyl (C=O) groups is 1. The predicted octanol–water partition coefficient (Wildman–Crippen LogP) is 1.89. The van der Waals surface area contributed by atoms with E-state index in [2.05, 4.69) is 16.9 Å². The Morgan fingerprint density at radius 2 is 2.50 bits per heavy atom. The number of aryl methyl sites for hydroxylation is 1. The second-order valence-electron chi connectivity index (χ2n) is 3.45. The van der Waals surface area contributed by atoms with Gasteiger partial charge in [-0.15, -0.1) is 6.58 Å². The summed E-state index contributed by atoms with van der Waals surface area (Å²) in [4.78, 5) is 15.5. The lowest BCUT2D eigenvalue weighted by atomic mass is 10.2. The van der Waals surface area contributed by atoms with Crippen molar-refractivity contribution in [1.29, 1.82) is 0 Å². The number of pyridine rings is 1. The monoisotopic (exact) mass is 239 g/mol. The molecule has 1 rings (SSSR count). The van der Waals surface area contributed by atoms with E-state index in [0.717, 1.165) is 5.56 Å². The summed E-state index contributed by atoms with van der Waals surface area (Å²) in [5.74, 6) is -0.261. The average Bonchev–Trinajstić information content (AvgIpc) is 2.24. The third kappa shape index (κ3) is 3.32. The molecule has 0 saturated carbocycles. The first-order valence-corrected chi connectivity index (χ1v) is 5.22. The standard InChI is InChI=1S/C11H14ClN3O/c1-3-4-9(13)11(16)15-8-5-7(2)10(12)14-6-8/h3,5-6,9H,1,4,13H2,2H3,(H,15,16). The molecular formula is C11H14ClN3O. The predicted molar refractivity (Wildman–Crippen MR) is 65.4 cm³/mol. The van der Waals surface area contributed by atoms with Gasteiger partial charge < -0.3 is 11.1 Å². The summed E-state index contributed by atoms with van der Waals surface area (Å²) in [6.07, 6.45) is 3.54. The number of amides is 1. The van der Waals surface area contributed by atoms with Gasteiger partial charge in [-0.05, 0) is 25.0 Å². The number of nitrogens with one attached hydrogen (secondary N) is 1. The number of aromatic nitrogens is 1. The van der Waals surface area contributed by atoms with Crippen LogP contribution in [0, 0.1) is 6.92 Å². The first-order valence-electron chi connectivity index (χ1n) is 4.84. The number of hydrogen-bond donors (Lipinski definition) is 2. The molecule has 1 aromatic rings. The lowest BCUT2D eigenvalue weighted by molar-refractivity contribution is -0.117. The van der Waals surface area contributed by atoms with Crippen molar-refractivity contribution in [1.82, 2.24) is 4.98 Å². The first kappa shape index (κ1) is 12.7. The molecule has 0 aromatic carbocycles. The fraction of sp³-hybridized carbons (Fsp3) is 0.273. The number of halogens is 1. The summed E-state index contributed by atoms with van der Waals surface area (Å²) in [7, 11) is 0. The molecule has 1 heterocycles. The molecule has 5 heteroatoms. The van der Waals surface area contributed by atoms with Gasteiger partial charge >= 0.3 is 0 Å². The van der Waals surface area contributed by atoms with Gasteiger partial charge in [0.25, 0.3) is 0 Å². The molecule has 0 saturated heterocycles. The van der Waals surface area contributed by atoms with E-state index in [9.17, 15) is 4.79 Å². The van der Waals surface area contributed by atoms with Gasteiger partial charge in [-0.2, -0.15) is 0 Å². The Bertz CT molecular complexity index is 406. The van der Waals surface area contributed by atoms with E-state index in [4.69, 9.17) is 17.3 Å². The van der Waals surface area contributed by atoms with E-state index in [1.807, 2.05) is 6.92 Å². The van der Waals surface area contributed by atoms with Gasteiger partial charge in [0.05, 0.1) is 17.9 Å². The number of hydrogen-bond acceptors (Lipinski definition) is 3. The van der Waals surface area contributed by atoms with Gasteiger partial charge in [-0.1, -0.05) is 17.7 Å². The Balaban J connectivity index is 2.69. The van der Waals surface area contributed by atoms with Gasteiger partial charge in [0.1, 0.15) is 5.15 Å². The average molecular weight is 240 g/mol. The number of carbonyl (C=O) groups excluding carboxylic acids is 1. The molecular weight excluding hydrogens is 226 g/mol. The second kappa shape index (κ2) is 5.63. The molecule has 86 valence electrons. The van der Waals surface area contributed by atoms with E-state index in [1.165, 1.54) is 6.20 Å². The van der Waals surface area contributed by atoms with E-state index >= 15 is 0 Å². The van der Waals surface area contributed by atoms with Crippen LogP contribution in [-0.4, -0.2) is 16.9 Å². The van der Waals surface area contributed by atoms with Crippen molar-refractivity contribution in [2.45, 2.75) is 19.4 Å². The maximum atomic E-state index is 11.6. The minimum Gasteiger partial charge on any atom is -0.323 e. The quantitative estimate of drug-likeness (QED) is 0.623. The minimum absolute atomic E-state index is 0.261. The zero-order valence-electron chi connectivity index (χ0n) is 9.03. The molecule has 0 aliphatic carbocycles. The van der Waals surface area contributed by atoms with E-state index in [-0.39, 0.29) is 5.91 Å². The summed E-state index contributed by atoms with van der Waals surface area (Å²) in [5, 5.41) is 3.09. The maximum absolute atomic E-state index is 11.6. The van der Waals surface area contributed by atoms with E-state index in [0.29, 0.717) is 17.3 Å². The topological polar surface area (TPSA) is 68.0 Å². The molecule has 16 heavy (non-hydrogen) atoms. The van der Waals surface area contributed by atoms with Gasteiger partial charge in [0, 0.05) is 0 Å². The highest BCUT2D eigenvalue weighted by atomic mass is 35.5. The van der Waals surface area contributed by atoms with Crippen LogP contribution in [0.3, 0.4) is 0 Å². The Hall–Kier alpha value is -1.39. The Morgan fingerprint density at radius 3 is 3.06 bits per heavy atom. The maximum Gasteiger partial charge on any atom is 0.241 e. The fourth-order valence-electron chi connectivity index (χ4n) is 1.15. The van der Waals surface area contributed by atoms with Crippen molar-refractivity contribution >= 4 is 23.2 Å². The van der Waals surface area contributed by atoms with Crippen molar-refractivity contribution in [3.8, 4) is 0 Å². The van der Waals surface area contributed by atoms with Crippen LogP contribution in [0.1, 0.15) is 12.0 Å². The lowest BCUT2D eigenvalue weighted by Gasteiger charge is -2.10. The zero-order chi connectivity index (χ0) is 12.1. The number of nitrogens with two attached hydrogens (primary N) is 1. The molecule has 0 aliphatic rings. The zero-order valence-corrected chi connectivity index (χ0v) is 9.79. The third-order valence-electron chi connectivity index (χ3n) is 2.04. The molecule has 0 aliphatic heterocycles. The second-order valence-corrected chi connectivity index (χ2v) is 3.81. The summed E-state index contributed by atoms with van der Waals surface area (Å²) < 4.78 is 0. The molecule has 0 radical (unpaired) electrons. The fourth-order valence-corrected chi connectivity index (χ4v) is 1.25. The summed E-state index contributed by atoms with van der Waals surface area (Å²) in [6.45, 7) is 5.34. The highest BCUT2D eigenvalue weighted by Gasteiger charge is 2.12. The number of rotatable bonds is 4. The van der Waals surface area contributed by atoms with Crippen LogP contribution >= 0.6 is 11.6 Å². The lowest BCUT2D eigenvalue weighted by Crippen LogP contribution is -2.35. The smallest absolute Gasteiger partial charge is 0.241 e. The molecule has 0 fully saturated rings. The van der Waals surface area contributed by atoms with Crippen molar-refractivity contribution in [3.63, 3.8) is 0 Å². The number of nitrogens with zero attached hydrogens (tertiary/aromatic N) is 1. The highest BCUT2D eigenvalue weighted by Crippen LogP contribution is 2.16. The molecule has 1 atom stereocenters. The molecule has 0 spiro atoms. The third-order valence-corrected chi connectivity index (χ3v) is 2.43.